The lowest BCUT2D eigenvalue weighted by Crippen LogP contribution is -2.30. The number of unbranched alkanes of at least 4 members (excludes halogenated alkanes) is 1. The molecule has 8 heteroatoms. The van der Waals surface area contributed by atoms with E-state index in [0.717, 1.165) is 17.7 Å². The summed E-state index contributed by atoms with van der Waals surface area (Å²) in [5.41, 5.74) is -0.220. The van der Waals surface area contributed by atoms with Crippen molar-refractivity contribution in [3.05, 3.63) is 32.9 Å². The van der Waals surface area contributed by atoms with Gasteiger partial charge in [0.2, 0.25) is 5.91 Å². The lowest BCUT2D eigenvalue weighted by Gasteiger charge is -2.11. The predicted molar refractivity (Wildman–Crippen MR) is 89.2 cm³/mol. The van der Waals surface area contributed by atoms with Crippen molar-refractivity contribution in [2.45, 2.75) is 50.2 Å². The Balaban J connectivity index is 1.92. The van der Waals surface area contributed by atoms with Gasteiger partial charge in [-0.3, -0.25) is 9.36 Å². The maximum absolute atomic E-state index is 12.1. The number of H-pyrrole nitrogens is 1. The molecule has 0 aliphatic heterocycles. The fourth-order valence-electron chi connectivity index (χ4n) is 1.85. The van der Waals surface area contributed by atoms with Crippen molar-refractivity contribution in [3.63, 3.8) is 0 Å². The van der Waals surface area contributed by atoms with E-state index >= 15 is 0 Å². The highest BCUT2D eigenvalue weighted by Crippen LogP contribution is 2.20. The number of carbonyl (C=O) groups excluding carboxylic acids is 1. The van der Waals surface area contributed by atoms with Gasteiger partial charge in [0.15, 0.2) is 5.16 Å². The fraction of sp³-hybridized carbons (Fsp3) is 0.500. The van der Waals surface area contributed by atoms with Crippen molar-refractivity contribution in [1.82, 2.24) is 20.1 Å². The molecule has 1 amide bonds. The monoisotopic (exact) mass is 340 g/mol. The third-order valence-corrected chi connectivity index (χ3v) is 5.09. The Morgan fingerprint density at radius 3 is 3.09 bits per heavy atom. The standard InChI is InChI=1S/C14H20N4O2S2/c1-3-4-7-18-13(20)16-17-14(18)22-10(2)12(19)15-9-11-6-5-8-21-11/h5-6,8,10H,3-4,7,9H2,1-2H3,(H,15,19)(H,16,20)/t10-/m1/s1. The second kappa shape index (κ2) is 8.19. The number of nitrogens with one attached hydrogen (secondary N) is 2. The third-order valence-electron chi connectivity index (χ3n) is 3.13. The van der Waals surface area contributed by atoms with Crippen LogP contribution in [0.5, 0.6) is 0 Å². The second-order valence-electron chi connectivity index (χ2n) is 4.87. The first-order valence-electron chi connectivity index (χ1n) is 7.23. The minimum atomic E-state index is -0.310. The smallest absolute Gasteiger partial charge is 0.343 e. The van der Waals surface area contributed by atoms with Crippen LogP contribution in [0, 0.1) is 0 Å². The van der Waals surface area contributed by atoms with Crippen LogP contribution in [-0.4, -0.2) is 25.9 Å². The molecule has 2 aromatic heterocycles. The summed E-state index contributed by atoms with van der Waals surface area (Å²) in [5, 5.41) is 11.6. The van der Waals surface area contributed by atoms with Crippen LogP contribution < -0.4 is 11.0 Å². The first kappa shape index (κ1) is 16.8. The summed E-state index contributed by atoms with van der Waals surface area (Å²) in [5.74, 6) is -0.0594. The molecule has 0 radical (unpaired) electrons. The number of carbonyl (C=O) groups is 1. The predicted octanol–water partition coefficient (Wildman–Crippen LogP) is 2.23. The molecule has 6 nitrogen and oxygen atoms in total. The Hall–Kier alpha value is -1.54. The molecule has 0 saturated heterocycles. The van der Waals surface area contributed by atoms with E-state index < -0.39 is 0 Å². The molecule has 0 unspecified atom stereocenters. The van der Waals surface area contributed by atoms with E-state index in [1.165, 1.54) is 11.8 Å². The Kier molecular flexibility index (Phi) is 6.26. The van der Waals surface area contributed by atoms with E-state index in [0.29, 0.717) is 18.2 Å². The summed E-state index contributed by atoms with van der Waals surface area (Å²) >= 11 is 2.91. The molecule has 1 atom stereocenters. The Morgan fingerprint density at radius 1 is 1.59 bits per heavy atom. The third kappa shape index (κ3) is 4.48. The van der Waals surface area contributed by atoms with E-state index in [4.69, 9.17) is 0 Å². The molecular formula is C14H20N4O2S2. The van der Waals surface area contributed by atoms with Gasteiger partial charge in [-0.2, -0.15) is 0 Å². The zero-order valence-electron chi connectivity index (χ0n) is 12.7. The Bertz CT molecular complexity index is 648. The normalized spacial score (nSPS) is 12.3. The van der Waals surface area contributed by atoms with Gasteiger partial charge in [-0.05, 0) is 24.8 Å². The molecule has 0 aromatic carbocycles. The van der Waals surface area contributed by atoms with Crippen LogP contribution in [-0.2, 0) is 17.9 Å². The summed E-state index contributed by atoms with van der Waals surface area (Å²) in [6.45, 7) is 5.04. The second-order valence-corrected chi connectivity index (χ2v) is 7.21. The van der Waals surface area contributed by atoms with Gasteiger partial charge in [-0.1, -0.05) is 31.2 Å². The molecule has 0 saturated carbocycles. The molecule has 2 heterocycles. The average molecular weight is 340 g/mol. The number of hydrogen-bond donors (Lipinski definition) is 2. The highest BCUT2D eigenvalue weighted by Gasteiger charge is 2.18. The van der Waals surface area contributed by atoms with E-state index in [2.05, 4.69) is 22.4 Å². The van der Waals surface area contributed by atoms with Crippen LogP contribution >= 0.6 is 23.1 Å². The number of aromatic amines is 1. The van der Waals surface area contributed by atoms with Gasteiger partial charge in [0.1, 0.15) is 0 Å². The number of aromatic nitrogens is 3. The first-order chi connectivity index (χ1) is 10.6. The van der Waals surface area contributed by atoms with Crippen LogP contribution in [0.1, 0.15) is 31.6 Å². The van der Waals surface area contributed by atoms with E-state index in [9.17, 15) is 9.59 Å². The Labute approximate surface area is 137 Å². The van der Waals surface area contributed by atoms with Crippen LogP contribution in [0.15, 0.2) is 27.5 Å². The van der Waals surface area contributed by atoms with Crippen molar-refractivity contribution in [2.75, 3.05) is 0 Å². The van der Waals surface area contributed by atoms with Crippen LogP contribution in [0.4, 0.5) is 0 Å². The first-order valence-corrected chi connectivity index (χ1v) is 8.99. The molecule has 0 spiro atoms. The molecule has 0 bridgehead atoms. The van der Waals surface area contributed by atoms with Gasteiger partial charge in [0.25, 0.3) is 0 Å². The van der Waals surface area contributed by atoms with Crippen molar-refractivity contribution in [2.24, 2.45) is 0 Å². The van der Waals surface area contributed by atoms with Crippen molar-refractivity contribution in [3.8, 4) is 0 Å². The number of nitrogens with zero attached hydrogens (tertiary/aromatic N) is 2. The summed E-state index contributed by atoms with van der Waals surface area (Å²) in [4.78, 5) is 24.9. The molecule has 0 aliphatic carbocycles. The topological polar surface area (TPSA) is 79.8 Å². The van der Waals surface area contributed by atoms with E-state index in [-0.39, 0.29) is 16.8 Å². The number of hydrogen-bond acceptors (Lipinski definition) is 5. The molecule has 120 valence electrons. The zero-order valence-corrected chi connectivity index (χ0v) is 14.3. The summed E-state index contributed by atoms with van der Waals surface area (Å²) in [7, 11) is 0. The maximum Gasteiger partial charge on any atom is 0.343 e. The van der Waals surface area contributed by atoms with Crippen LogP contribution in [0.25, 0.3) is 0 Å². The lowest BCUT2D eigenvalue weighted by atomic mass is 10.3. The van der Waals surface area contributed by atoms with Crippen LogP contribution in [0.2, 0.25) is 0 Å². The van der Waals surface area contributed by atoms with Gasteiger partial charge >= 0.3 is 5.69 Å². The minimum absolute atomic E-state index is 0.0594. The number of rotatable bonds is 8. The van der Waals surface area contributed by atoms with Gasteiger partial charge in [0, 0.05) is 11.4 Å². The quantitative estimate of drug-likeness (QED) is 0.722. The molecule has 0 fully saturated rings. The van der Waals surface area contributed by atoms with Gasteiger partial charge in [0.05, 0.1) is 11.8 Å². The van der Waals surface area contributed by atoms with Crippen molar-refractivity contribution in [1.29, 1.82) is 0 Å². The van der Waals surface area contributed by atoms with Gasteiger partial charge < -0.3 is 5.32 Å². The largest absolute Gasteiger partial charge is 0.350 e. The number of thioether (sulfide) groups is 1. The van der Waals surface area contributed by atoms with Crippen molar-refractivity contribution >= 4 is 29.0 Å². The van der Waals surface area contributed by atoms with Crippen molar-refractivity contribution < 1.29 is 4.79 Å². The minimum Gasteiger partial charge on any atom is -0.350 e. The molecule has 2 N–H and O–H groups in total. The van der Waals surface area contributed by atoms with Gasteiger partial charge in [-0.25, -0.2) is 9.89 Å². The summed E-state index contributed by atoms with van der Waals surface area (Å²) in [6.07, 6.45) is 1.91. The number of thiophene rings is 1. The zero-order chi connectivity index (χ0) is 15.9. The highest BCUT2D eigenvalue weighted by atomic mass is 32.2. The van der Waals surface area contributed by atoms with E-state index in [1.807, 2.05) is 24.4 Å². The maximum atomic E-state index is 12.1. The Morgan fingerprint density at radius 2 is 2.41 bits per heavy atom. The molecule has 2 rings (SSSR count). The molecule has 22 heavy (non-hydrogen) atoms. The summed E-state index contributed by atoms with van der Waals surface area (Å²) in [6, 6.07) is 3.94. The lowest BCUT2D eigenvalue weighted by molar-refractivity contribution is -0.120. The molecule has 2 aromatic rings. The average Bonchev–Trinajstić information content (AvgIpc) is 3.13. The van der Waals surface area contributed by atoms with E-state index in [1.54, 1.807) is 15.9 Å². The fourth-order valence-corrected chi connectivity index (χ4v) is 3.40. The van der Waals surface area contributed by atoms with Gasteiger partial charge in [-0.15, -0.1) is 16.4 Å². The SMILES string of the molecule is CCCCn1c(S[C@H](C)C(=O)NCc2cccs2)n[nH]c1=O. The molecular weight excluding hydrogens is 320 g/mol. The highest BCUT2D eigenvalue weighted by molar-refractivity contribution is 8.00. The number of amides is 1. The summed E-state index contributed by atoms with van der Waals surface area (Å²) < 4.78 is 1.59. The molecule has 0 aliphatic rings. The van der Waals surface area contributed by atoms with Crippen LogP contribution in [0.3, 0.4) is 0 Å².